The summed E-state index contributed by atoms with van der Waals surface area (Å²) in [5.74, 6) is 1.68. The van der Waals surface area contributed by atoms with Gasteiger partial charge in [-0.2, -0.15) is 11.8 Å². The van der Waals surface area contributed by atoms with Gasteiger partial charge in [-0.25, -0.2) is 0 Å². The highest BCUT2D eigenvalue weighted by molar-refractivity contribution is 7.99. The van der Waals surface area contributed by atoms with Gasteiger partial charge < -0.3 is 10.4 Å². The topological polar surface area (TPSA) is 52.6 Å². The van der Waals surface area contributed by atoms with Crippen LogP contribution in [0.15, 0.2) is 24.3 Å². The SMILES string of the molecule is CCCSCC(=O)NCc1ccccc1CN1CCC(O)CC1. The number of hydrogen-bond acceptors (Lipinski definition) is 4. The van der Waals surface area contributed by atoms with E-state index in [1.165, 1.54) is 11.1 Å². The largest absolute Gasteiger partial charge is 0.393 e. The van der Waals surface area contributed by atoms with E-state index in [1.54, 1.807) is 11.8 Å². The molecule has 0 atom stereocenters. The molecule has 1 aliphatic heterocycles. The van der Waals surface area contributed by atoms with Gasteiger partial charge >= 0.3 is 0 Å². The summed E-state index contributed by atoms with van der Waals surface area (Å²) in [6.07, 6.45) is 2.67. The number of hydrogen-bond donors (Lipinski definition) is 2. The Hall–Kier alpha value is -1.04. The van der Waals surface area contributed by atoms with Gasteiger partial charge in [-0.1, -0.05) is 31.2 Å². The number of carbonyl (C=O) groups is 1. The summed E-state index contributed by atoms with van der Waals surface area (Å²) in [6, 6.07) is 8.30. The summed E-state index contributed by atoms with van der Waals surface area (Å²) in [5, 5.41) is 12.6. The minimum Gasteiger partial charge on any atom is -0.393 e. The Labute approximate surface area is 143 Å². The summed E-state index contributed by atoms with van der Waals surface area (Å²) in [5.41, 5.74) is 2.46. The van der Waals surface area contributed by atoms with Gasteiger partial charge in [0.1, 0.15) is 0 Å². The third-order valence-corrected chi connectivity index (χ3v) is 5.29. The number of likely N-dealkylation sites (tertiary alicyclic amines) is 1. The normalized spacial score (nSPS) is 16.4. The lowest BCUT2D eigenvalue weighted by atomic mass is 10.0. The molecule has 5 heteroatoms. The van der Waals surface area contributed by atoms with Gasteiger partial charge in [0.05, 0.1) is 11.9 Å². The number of rotatable bonds is 8. The van der Waals surface area contributed by atoms with Crippen LogP contribution in [0.4, 0.5) is 0 Å². The predicted octanol–water partition coefficient (Wildman–Crippen LogP) is 2.40. The Morgan fingerprint density at radius 2 is 2.00 bits per heavy atom. The molecular formula is C18H28N2O2S. The van der Waals surface area contributed by atoms with Gasteiger partial charge in [-0.3, -0.25) is 9.69 Å². The summed E-state index contributed by atoms with van der Waals surface area (Å²) >= 11 is 1.69. The quantitative estimate of drug-likeness (QED) is 0.716. The molecule has 0 saturated carbocycles. The summed E-state index contributed by atoms with van der Waals surface area (Å²) in [7, 11) is 0. The molecule has 1 saturated heterocycles. The van der Waals surface area contributed by atoms with E-state index in [4.69, 9.17) is 0 Å². The Kier molecular flexibility index (Phi) is 7.92. The molecule has 0 unspecified atom stereocenters. The van der Waals surface area contributed by atoms with E-state index < -0.39 is 0 Å². The van der Waals surface area contributed by atoms with E-state index in [2.05, 4.69) is 35.3 Å². The number of nitrogens with one attached hydrogen (secondary N) is 1. The molecular weight excluding hydrogens is 308 g/mol. The van der Waals surface area contributed by atoms with Crippen molar-refractivity contribution in [3.63, 3.8) is 0 Å². The van der Waals surface area contributed by atoms with Crippen molar-refractivity contribution < 1.29 is 9.90 Å². The van der Waals surface area contributed by atoms with Crippen LogP contribution in [-0.4, -0.2) is 46.6 Å². The molecule has 0 radical (unpaired) electrons. The zero-order valence-corrected chi connectivity index (χ0v) is 14.8. The molecule has 2 N–H and O–H groups in total. The van der Waals surface area contributed by atoms with Crippen LogP contribution < -0.4 is 5.32 Å². The molecule has 1 heterocycles. The zero-order chi connectivity index (χ0) is 16.5. The zero-order valence-electron chi connectivity index (χ0n) is 14.0. The fourth-order valence-corrected chi connectivity index (χ4v) is 3.48. The van der Waals surface area contributed by atoms with Crippen LogP contribution in [0.3, 0.4) is 0 Å². The first-order valence-corrected chi connectivity index (χ1v) is 9.66. The van der Waals surface area contributed by atoms with E-state index in [9.17, 15) is 9.90 Å². The number of nitrogens with zero attached hydrogens (tertiary/aromatic N) is 1. The highest BCUT2D eigenvalue weighted by Gasteiger charge is 2.17. The fraction of sp³-hybridized carbons (Fsp3) is 0.611. The van der Waals surface area contributed by atoms with Crippen molar-refractivity contribution >= 4 is 17.7 Å². The molecule has 4 nitrogen and oxygen atoms in total. The molecule has 0 bridgehead atoms. The third-order valence-electron chi connectivity index (χ3n) is 4.13. The lowest BCUT2D eigenvalue weighted by Gasteiger charge is -2.30. The number of piperidine rings is 1. The third kappa shape index (κ3) is 6.53. The lowest BCUT2D eigenvalue weighted by molar-refractivity contribution is -0.118. The van der Waals surface area contributed by atoms with Gasteiger partial charge in [0, 0.05) is 26.2 Å². The van der Waals surface area contributed by atoms with Crippen LogP contribution in [0.25, 0.3) is 0 Å². The van der Waals surface area contributed by atoms with Crippen LogP contribution in [-0.2, 0) is 17.9 Å². The molecule has 2 rings (SSSR count). The van der Waals surface area contributed by atoms with E-state index in [1.807, 2.05) is 6.07 Å². The number of amides is 1. The second-order valence-corrected chi connectivity index (χ2v) is 7.21. The Morgan fingerprint density at radius 3 is 2.70 bits per heavy atom. The summed E-state index contributed by atoms with van der Waals surface area (Å²) in [4.78, 5) is 14.2. The average Bonchev–Trinajstić information content (AvgIpc) is 2.56. The van der Waals surface area contributed by atoms with Crippen molar-refractivity contribution in [1.29, 1.82) is 0 Å². The Balaban J connectivity index is 1.83. The van der Waals surface area contributed by atoms with Crippen LogP contribution in [0.5, 0.6) is 0 Å². The molecule has 128 valence electrons. The van der Waals surface area contributed by atoms with Gasteiger partial charge in [0.2, 0.25) is 5.91 Å². The molecule has 0 aliphatic carbocycles. The van der Waals surface area contributed by atoms with Crippen LogP contribution in [0, 0.1) is 0 Å². The van der Waals surface area contributed by atoms with Gasteiger partial charge in [0.25, 0.3) is 0 Å². The van der Waals surface area contributed by atoms with E-state index in [-0.39, 0.29) is 12.0 Å². The summed E-state index contributed by atoms with van der Waals surface area (Å²) < 4.78 is 0. The molecule has 0 spiro atoms. The number of benzene rings is 1. The molecule has 1 amide bonds. The van der Waals surface area contributed by atoms with Crippen molar-refractivity contribution in [1.82, 2.24) is 10.2 Å². The first kappa shape index (κ1) is 18.3. The lowest BCUT2D eigenvalue weighted by Crippen LogP contribution is -2.35. The van der Waals surface area contributed by atoms with Crippen LogP contribution in [0.1, 0.15) is 37.3 Å². The number of thioether (sulfide) groups is 1. The maximum Gasteiger partial charge on any atom is 0.230 e. The molecule has 0 aromatic heterocycles. The molecule has 23 heavy (non-hydrogen) atoms. The number of carbonyl (C=O) groups excluding carboxylic acids is 1. The maximum absolute atomic E-state index is 11.9. The summed E-state index contributed by atoms with van der Waals surface area (Å²) in [6.45, 7) is 5.49. The highest BCUT2D eigenvalue weighted by atomic mass is 32.2. The molecule has 1 aromatic carbocycles. The Morgan fingerprint density at radius 1 is 1.30 bits per heavy atom. The number of aliphatic hydroxyl groups is 1. The molecule has 1 fully saturated rings. The minimum absolute atomic E-state index is 0.111. The van der Waals surface area contributed by atoms with Crippen LogP contribution in [0.2, 0.25) is 0 Å². The van der Waals surface area contributed by atoms with E-state index >= 15 is 0 Å². The van der Waals surface area contributed by atoms with Gasteiger partial charge in [-0.05, 0) is 36.1 Å². The maximum atomic E-state index is 11.9. The second kappa shape index (κ2) is 9.96. The molecule has 1 aliphatic rings. The van der Waals surface area contributed by atoms with Crippen molar-refractivity contribution in [3.05, 3.63) is 35.4 Å². The van der Waals surface area contributed by atoms with Crippen molar-refractivity contribution in [2.45, 2.75) is 45.4 Å². The highest BCUT2D eigenvalue weighted by Crippen LogP contribution is 2.16. The van der Waals surface area contributed by atoms with E-state index in [0.717, 1.165) is 44.6 Å². The van der Waals surface area contributed by atoms with Crippen molar-refractivity contribution in [2.24, 2.45) is 0 Å². The van der Waals surface area contributed by atoms with E-state index in [0.29, 0.717) is 12.3 Å². The van der Waals surface area contributed by atoms with Gasteiger partial charge in [-0.15, -0.1) is 0 Å². The standard InChI is InChI=1S/C18H28N2O2S/c1-2-11-23-14-18(22)19-12-15-5-3-4-6-16(15)13-20-9-7-17(21)8-10-20/h3-6,17,21H,2,7-14H2,1H3,(H,19,22). The monoisotopic (exact) mass is 336 g/mol. The van der Waals surface area contributed by atoms with Crippen molar-refractivity contribution in [2.75, 3.05) is 24.6 Å². The Bertz CT molecular complexity index is 488. The first-order chi connectivity index (χ1) is 11.2. The van der Waals surface area contributed by atoms with Gasteiger partial charge in [0.15, 0.2) is 0 Å². The van der Waals surface area contributed by atoms with Crippen molar-refractivity contribution in [3.8, 4) is 0 Å². The molecule has 1 aromatic rings. The predicted molar refractivity (Wildman–Crippen MR) is 96.4 cm³/mol. The first-order valence-electron chi connectivity index (χ1n) is 8.50. The fourth-order valence-electron chi connectivity index (χ4n) is 2.76. The average molecular weight is 337 g/mol. The smallest absolute Gasteiger partial charge is 0.230 e. The minimum atomic E-state index is -0.138. The number of aliphatic hydroxyl groups excluding tert-OH is 1. The van der Waals surface area contributed by atoms with Crippen LogP contribution >= 0.6 is 11.8 Å². The second-order valence-electron chi connectivity index (χ2n) is 6.11.